The van der Waals surface area contributed by atoms with Crippen LogP contribution < -0.4 is 13.8 Å². The Kier molecular flexibility index (Phi) is 5.15. The summed E-state index contributed by atoms with van der Waals surface area (Å²) in [5.74, 6) is -2.09. The summed E-state index contributed by atoms with van der Waals surface area (Å²) in [7, 11) is -4.27. The lowest BCUT2D eigenvalue weighted by Crippen LogP contribution is -2.31. The number of fused-ring (bicyclic) bond motifs is 1. The molecule has 0 saturated heterocycles. The van der Waals surface area contributed by atoms with Gasteiger partial charge in [0, 0.05) is 0 Å². The van der Waals surface area contributed by atoms with Crippen LogP contribution in [0.3, 0.4) is 0 Å². The first-order valence-corrected chi connectivity index (χ1v) is 11.1. The Bertz CT molecular complexity index is 1130. The number of halogens is 1. The molecule has 0 spiro atoms. The van der Waals surface area contributed by atoms with Gasteiger partial charge in [0.1, 0.15) is 5.69 Å². The number of benzene rings is 2. The molecule has 2 N–H and O–H groups in total. The second-order valence-electron chi connectivity index (χ2n) is 7.36. The SMILES string of the molecule is CCC1CCc2cc(OC(=O)c3ccccc3)c(N3C=C(O)NS3(=O)=O)c(F)c2C1. The molecule has 0 aromatic heterocycles. The Labute approximate surface area is 174 Å². The fourth-order valence-corrected chi connectivity index (χ4v) is 4.90. The summed E-state index contributed by atoms with van der Waals surface area (Å²) in [5, 5.41) is 9.66. The molecule has 1 aliphatic carbocycles. The van der Waals surface area contributed by atoms with Crippen molar-refractivity contribution in [3.05, 3.63) is 71.0 Å². The zero-order valence-electron chi connectivity index (χ0n) is 16.3. The van der Waals surface area contributed by atoms with Gasteiger partial charge in [-0.05, 0) is 54.5 Å². The van der Waals surface area contributed by atoms with Gasteiger partial charge in [-0.1, -0.05) is 31.5 Å². The Morgan fingerprint density at radius 2 is 2.07 bits per heavy atom. The minimum Gasteiger partial charge on any atom is -0.493 e. The van der Waals surface area contributed by atoms with Gasteiger partial charge < -0.3 is 9.84 Å². The van der Waals surface area contributed by atoms with Crippen molar-refractivity contribution in [2.45, 2.75) is 32.6 Å². The first-order chi connectivity index (χ1) is 14.3. The predicted octanol–water partition coefficient (Wildman–Crippen LogP) is 3.57. The molecule has 2 aliphatic rings. The number of aliphatic hydroxyl groups excluding tert-OH is 1. The molecule has 2 aromatic carbocycles. The minimum absolute atomic E-state index is 0.216. The van der Waals surface area contributed by atoms with Gasteiger partial charge in [0.15, 0.2) is 11.6 Å². The number of ether oxygens (including phenoxy) is 1. The maximum absolute atomic E-state index is 15.7. The normalized spacial score (nSPS) is 19.6. The van der Waals surface area contributed by atoms with Crippen LogP contribution in [0, 0.1) is 11.7 Å². The summed E-state index contributed by atoms with van der Waals surface area (Å²) in [6, 6.07) is 9.67. The summed E-state index contributed by atoms with van der Waals surface area (Å²) in [6.07, 6.45) is 3.67. The molecule has 30 heavy (non-hydrogen) atoms. The number of carbonyl (C=O) groups is 1. The molecule has 1 unspecified atom stereocenters. The van der Waals surface area contributed by atoms with E-state index < -0.39 is 33.6 Å². The van der Waals surface area contributed by atoms with Gasteiger partial charge in [-0.25, -0.2) is 18.2 Å². The number of esters is 1. The Hall–Kier alpha value is -3.07. The van der Waals surface area contributed by atoms with Crippen molar-refractivity contribution in [3.8, 4) is 5.75 Å². The maximum Gasteiger partial charge on any atom is 0.343 e. The Morgan fingerprint density at radius 1 is 1.33 bits per heavy atom. The van der Waals surface area contributed by atoms with Gasteiger partial charge in [0.05, 0.1) is 11.8 Å². The van der Waals surface area contributed by atoms with E-state index in [4.69, 9.17) is 4.74 Å². The van der Waals surface area contributed by atoms with Crippen LogP contribution in [0.25, 0.3) is 0 Å². The van der Waals surface area contributed by atoms with E-state index >= 15 is 4.39 Å². The highest BCUT2D eigenvalue weighted by Gasteiger charge is 2.36. The number of carbonyl (C=O) groups excluding carboxylic acids is 1. The molecule has 1 heterocycles. The molecule has 158 valence electrons. The zero-order chi connectivity index (χ0) is 21.5. The van der Waals surface area contributed by atoms with Gasteiger partial charge in [-0.3, -0.25) is 0 Å². The molecule has 0 saturated carbocycles. The number of aliphatic hydroxyl groups is 1. The third kappa shape index (κ3) is 3.60. The van der Waals surface area contributed by atoms with Crippen molar-refractivity contribution >= 4 is 21.9 Å². The molecule has 2 aromatic rings. The lowest BCUT2D eigenvalue weighted by Gasteiger charge is -2.27. The van der Waals surface area contributed by atoms with Crippen LogP contribution in [0.1, 0.15) is 41.3 Å². The van der Waals surface area contributed by atoms with Gasteiger partial charge in [-0.15, -0.1) is 0 Å². The highest BCUT2D eigenvalue weighted by molar-refractivity contribution is 7.91. The fraction of sp³-hybridized carbons (Fsp3) is 0.286. The number of anilines is 1. The smallest absolute Gasteiger partial charge is 0.343 e. The van der Waals surface area contributed by atoms with Crippen LogP contribution in [0.4, 0.5) is 10.1 Å². The highest BCUT2D eigenvalue weighted by Crippen LogP contribution is 2.42. The molecule has 7 nitrogen and oxygen atoms in total. The number of hydrogen-bond donors (Lipinski definition) is 2. The predicted molar refractivity (Wildman–Crippen MR) is 109 cm³/mol. The summed E-state index contributed by atoms with van der Waals surface area (Å²) in [4.78, 5) is 12.6. The average molecular weight is 432 g/mol. The first kappa shape index (κ1) is 20.2. The van der Waals surface area contributed by atoms with E-state index in [9.17, 15) is 18.3 Å². The van der Waals surface area contributed by atoms with Crippen LogP contribution >= 0.6 is 0 Å². The van der Waals surface area contributed by atoms with Crippen LogP contribution in [0.2, 0.25) is 0 Å². The molecule has 9 heteroatoms. The summed E-state index contributed by atoms with van der Waals surface area (Å²) < 4.78 is 48.4. The molecule has 0 radical (unpaired) electrons. The van der Waals surface area contributed by atoms with Crippen molar-refractivity contribution in [1.29, 1.82) is 0 Å². The van der Waals surface area contributed by atoms with Crippen LogP contribution in [-0.2, 0) is 23.1 Å². The topological polar surface area (TPSA) is 95.9 Å². The van der Waals surface area contributed by atoms with Crippen molar-refractivity contribution in [1.82, 2.24) is 4.72 Å². The summed E-state index contributed by atoms with van der Waals surface area (Å²) in [5.41, 5.74) is 0.923. The second kappa shape index (κ2) is 7.64. The lowest BCUT2D eigenvalue weighted by atomic mass is 9.82. The molecule has 0 amide bonds. The molecule has 1 aliphatic heterocycles. The number of nitrogens with one attached hydrogen (secondary N) is 1. The third-order valence-electron chi connectivity index (χ3n) is 5.46. The summed E-state index contributed by atoms with van der Waals surface area (Å²) >= 11 is 0. The largest absolute Gasteiger partial charge is 0.493 e. The highest BCUT2D eigenvalue weighted by atomic mass is 32.2. The van der Waals surface area contributed by atoms with E-state index in [1.54, 1.807) is 30.3 Å². The van der Waals surface area contributed by atoms with Gasteiger partial charge >= 0.3 is 16.2 Å². The van der Waals surface area contributed by atoms with E-state index in [1.165, 1.54) is 6.07 Å². The van der Waals surface area contributed by atoms with Gasteiger partial charge in [-0.2, -0.15) is 8.42 Å². The Morgan fingerprint density at radius 3 is 2.70 bits per heavy atom. The van der Waals surface area contributed by atoms with Crippen molar-refractivity contribution in [3.63, 3.8) is 0 Å². The van der Waals surface area contributed by atoms with Crippen LogP contribution in [-0.4, -0.2) is 19.5 Å². The number of rotatable bonds is 4. The maximum atomic E-state index is 15.7. The summed E-state index contributed by atoms with van der Waals surface area (Å²) in [6.45, 7) is 2.03. The van der Waals surface area contributed by atoms with Crippen LogP contribution in [0.5, 0.6) is 5.75 Å². The second-order valence-corrected chi connectivity index (χ2v) is 8.91. The average Bonchev–Trinajstić information content (AvgIpc) is 3.00. The van der Waals surface area contributed by atoms with Crippen LogP contribution in [0.15, 0.2) is 48.5 Å². The van der Waals surface area contributed by atoms with Crippen molar-refractivity contribution in [2.24, 2.45) is 5.92 Å². The minimum atomic E-state index is -4.27. The number of hydrogen-bond acceptors (Lipinski definition) is 5. The standard InChI is InChI=1S/C21H21FN2O5S/c1-2-13-8-9-15-11-17(29-21(26)14-6-4-3-5-7-14)20(19(22)16(15)10-13)24-12-18(25)23-30(24,27)28/h3-7,11-13,23,25H,2,8-10H2,1H3. The molecule has 4 rings (SSSR count). The molecule has 0 bridgehead atoms. The quantitative estimate of drug-likeness (QED) is 0.569. The molecule has 0 fully saturated rings. The first-order valence-electron chi connectivity index (χ1n) is 9.64. The van der Waals surface area contributed by atoms with E-state index in [0.717, 1.165) is 19.0 Å². The van der Waals surface area contributed by atoms with Crippen molar-refractivity contribution < 1.29 is 27.4 Å². The van der Waals surface area contributed by atoms with E-state index in [1.807, 2.05) is 11.6 Å². The van der Waals surface area contributed by atoms with E-state index in [2.05, 4.69) is 0 Å². The molecular weight excluding hydrogens is 411 g/mol. The lowest BCUT2D eigenvalue weighted by molar-refractivity contribution is 0.0735. The Balaban J connectivity index is 1.84. The van der Waals surface area contributed by atoms with Crippen molar-refractivity contribution in [2.75, 3.05) is 4.31 Å². The van der Waals surface area contributed by atoms with E-state index in [-0.39, 0.29) is 17.2 Å². The fourth-order valence-electron chi connectivity index (χ4n) is 3.84. The third-order valence-corrected chi connectivity index (χ3v) is 6.73. The molecular formula is C21H21FN2O5S. The monoisotopic (exact) mass is 432 g/mol. The zero-order valence-corrected chi connectivity index (χ0v) is 17.1. The van der Waals surface area contributed by atoms with Gasteiger partial charge in [0.2, 0.25) is 5.88 Å². The van der Waals surface area contributed by atoms with Gasteiger partial charge in [0.25, 0.3) is 0 Å². The molecule has 1 atom stereocenters. The number of aryl methyl sites for hydroxylation is 1. The van der Waals surface area contributed by atoms with E-state index in [0.29, 0.717) is 28.3 Å². The number of nitrogens with zero attached hydrogens (tertiary/aromatic N) is 1.